The first kappa shape index (κ1) is 15.6. The van der Waals surface area contributed by atoms with E-state index in [9.17, 15) is 23.3 Å². The summed E-state index contributed by atoms with van der Waals surface area (Å²) in [6, 6.07) is 5.22. The fourth-order valence-corrected chi connectivity index (χ4v) is 3.94. The molecule has 0 bridgehead atoms. The minimum Gasteiger partial charge on any atom is -0.293 e. The van der Waals surface area contributed by atoms with Crippen molar-refractivity contribution < 1.29 is 18.1 Å². The average Bonchev–Trinajstić information content (AvgIpc) is 2.41. The van der Waals surface area contributed by atoms with Crippen LogP contribution in [-0.4, -0.2) is 54.7 Å². The number of rotatable bonds is 4. The molecule has 1 aliphatic heterocycles. The summed E-state index contributed by atoms with van der Waals surface area (Å²) in [5.41, 5.74) is 0.324. The third kappa shape index (κ3) is 3.85. The van der Waals surface area contributed by atoms with Crippen LogP contribution in [0.25, 0.3) is 0 Å². The van der Waals surface area contributed by atoms with Crippen molar-refractivity contribution in [3.63, 3.8) is 0 Å². The van der Waals surface area contributed by atoms with Crippen molar-refractivity contribution in [2.75, 3.05) is 24.6 Å². The third-order valence-electron chi connectivity index (χ3n) is 3.55. The molecule has 114 valence electrons. The van der Waals surface area contributed by atoms with Gasteiger partial charge in [-0.05, 0) is 19.1 Å². The van der Waals surface area contributed by atoms with Crippen molar-refractivity contribution in [1.82, 2.24) is 4.90 Å². The maximum Gasteiger partial charge on any atom is 0.269 e. The van der Waals surface area contributed by atoms with E-state index in [1.54, 1.807) is 6.92 Å². The van der Waals surface area contributed by atoms with Crippen molar-refractivity contribution in [3.8, 4) is 0 Å². The van der Waals surface area contributed by atoms with Crippen LogP contribution >= 0.6 is 0 Å². The van der Waals surface area contributed by atoms with E-state index in [2.05, 4.69) is 0 Å². The maximum atomic E-state index is 12.1. The Morgan fingerprint density at radius 3 is 2.52 bits per heavy atom. The second-order valence-corrected chi connectivity index (χ2v) is 7.39. The molecule has 1 saturated heterocycles. The highest BCUT2D eigenvalue weighted by molar-refractivity contribution is 7.91. The smallest absolute Gasteiger partial charge is 0.269 e. The summed E-state index contributed by atoms with van der Waals surface area (Å²) in [5, 5.41) is 10.6. The quantitative estimate of drug-likeness (QED) is 0.465. The Balaban J connectivity index is 2.03. The predicted octanol–water partition coefficient (Wildman–Crippen LogP) is 0.896. The number of benzene rings is 1. The Bertz CT molecular complexity index is 654. The van der Waals surface area contributed by atoms with Gasteiger partial charge in [-0.25, -0.2) is 8.42 Å². The monoisotopic (exact) mass is 312 g/mol. The van der Waals surface area contributed by atoms with Gasteiger partial charge in [0.25, 0.3) is 5.69 Å². The molecule has 1 aromatic rings. The van der Waals surface area contributed by atoms with E-state index >= 15 is 0 Å². The Hall–Kier alpha value is -1.80. The van der Waals surface area contributed by atoms with Crippen molar-refractivity contribution in [2.24, 2.45) is 0 Å². The molecule has 7 nitrogen and oxygen atoms in total. The summed E-state index contributed by atoms with van der Waals surface area (Å²) in [5.74, 6) is -0.0538. The zero-order chi connectivity index (χ0) is 15.6. The zero-order valence-electron chi connectivity index (χ0n) is 11.6. The van der Waals surface area contributed by atoms with Gasteiger partial charge < -0.3 is 0 Å². The summed E-state index contributed by atoms with van der Waals surface area (Å²) in [7, 11) is -3.01. The Labute approximate surface area is 122 Å². The van der Waals surface area contributed by atoms with Crippen LogP contribution in [0.1, 0.15) is 17.3 Å². The highest BCUT2D eigenvalue weighted by atomic mass is 32.2. The molecular weight excluding hydrogens is 296 g/mol. The zero-order valence-corrected chi connectivity index (χ0v) is 12.4. The normalized spacial score (nSPS) is 21.9. The summed E-state index contributed by atoms with van der Waals surface area (Å²) in [6.45, 7) is 2.23. The molecule has 1 aromatic carbocycles. The Morgan fingerprint density at radius 1 is 1.38 bits per heavy atom. The molecule has 0 spiro atoms. The van der Waals surface area contributed by atoms with Crippen LogP contribution in [0.4, 0.5) is 5.69 Å². The first-order chi connectivity index (χ1) is 9.78. The van der Waals surface area contributed by atoms with E-state index < -0.39 is 14.8 Å². The number of carbonyl (C=O) groups is 1. The highest BCUT2D eigenvalue weighted by Gasteiger charge is 2.29. The fraction of sp³-hybridized carbons (Fsp3) is 0.462. The fourth-order valence-electron chi connectivity index (χ4n) is 2.31. The number of sulfone groups is 1. The lowest BCUT2D eigenvalue weighted by atomic mass is 10.1. The van der Waals surface area contributed by atoms with Crippen LogP contribution in [0.3, 0.4) is 0 Å². The van der Waals surface area contributed by atoms with Gasteiger partial charge in [-0.15, -0.1) is 0 Å². The SMILES string of the molecule is CC1CS(=O)(=O)CCN1CC(=O)c1ccc([N+](=O)[O-])cc1. The lowest BCUT2D eigenvalue weighted by molar-refractivity contribution is -0.384. The van der Waals surface area contributed by atoms with Crippen molar-refractivity contribution >= 4 is 21.3 Å². The second kappa shape index (κ2) is 5.90. The number of nitro benzene ring substituents is 1. The van der Waals surface area contributed by atoms with Crippen LogP contribution < -0.4 is 0 Å². The number of hydrogen-bond acceptors (Lipinski definition) is 6. The number of ketones is 1. The minimum absolute atomic E-state index is 0.0561. The number of hydrogen-bond donors (Lipinski definition) is 0. The number of nitrogens with zero attached hydrogens (tertiary/aromatic N) is 2. The molecule has 0 N–H and O–H groups in total. The molecule has 0 radical (unpaired) electrons. The Morgan fingerprint density at radius 2 is 2.00 bits per heavy atom. The van der Waals surface area contributed by atoms with E-state index in [1.807, 2.05) is 4.90 Å². The molecule has 1 fully saturated rings. The average molecular weight is 312 g/mol. The van der Waals surface area contributed by atoms with Gasteiger partial charge in [-0.1, -0.05) is 0 Å². The summed E-state index contributed by atoms with van der Waals surface area (Å²) < 4.78 is 23.0. The lowest BCUT2D eigenvalue weighted by Gasteiger charge is -2.32. The number of carbonyl (C=O) groups excluding carboxylic acids is 1. The molecule has 1 unspecified atom stereocenters. The molecule has 0 aliphatic carbocycles. The van der Waals surface area contributed by atoms with E-state index in [-0.39, 0.29) is 35.6 Å². The number of non-ortho nitro benzene ring substituents is 1. The van der Waals surface area contributed by atoms with Gasteiger partial charge >= 0.3 is 0 Å². The van der Waals surface area contributed by atoms with Crippen LogP contribution in [0.2, 0.25) is 0 Å². The van der Waals surface area contributed by atoms with Gasteiger partial charge in [0, 0.05) is 30.3 Å². The van der Waals surface area contributed by atoms with Gasteiger partial charge in [0.2, 0.25) is 0 Å². The van der Waals surface area contributed by atoms with E-state index in [0.29, 0.717) is 12.1 Å². The summed E-state index contributed by atoms with van der Waals surface area (Å²) in [6.07, 6.45) is 0. The first-order valence-electron chi connectivity index (χ1n) is 6.50. The van der Waals surface area contributed by atoms with Gasteiger partial charge in [0.1, 0.15) is 0 Å². The number of nitro groups is 1. The van der Waals surface area contributed by atoms with Gasteiger partial charge in [-0.2, -0.15) is 0 Å². The minimum atomic E-state index is -3.01. The molecule has 0 amide bonds. The van der Waals surface area contributed by atoms with Crippen LogP contribution in [-0.2, 0) is 9.84 Å². The predicted molar refractivity (Wildman–Crippen MR) is 77.1 cm³/mol. The van der Waals surface area contributed by atoms with Crippen LogP contribution in [0.5, 0.6) is 0 Å². The first-order valence-corrected chi connectivity index (χ1v) is 8.33. The van der Waals surface area contributed by atoms with Crippen molar-refractivity contribution in [2.45, 2.75) is 13.0 Å². The molecule has 0 saturated carbocycles. The molecule has 1 atom stereocenters. The topological polar surface area (TPSA) is 97.6 Å². The van der Waals surface area contributed by atoms with Crippen molar-refractivity contribution in [3.05, 3.63) is 39.9 Å². The van der Waals surface area contributed by atoms with E-state index in [4.69, 9.17) is 0 Å². The van der Waals surface area contributed by atoms with Gasteiger partial charge in [0.05, 0.1) is 23.0 Å². The molecule has 8 heteroatoms. The standard InChI is InChI=1S/C13H16N2O5S/c1-10-9-21(19,20)7-6-14(10)8-13(16)11-2-4-12(5-3-11)15(17)18/h2-5,10H,6-9H2,1H3. The van der Waals surface area contributed by atoms with Gasteiger partial charge in [-0.3, -0.25) is 19.8 Å². The van der Waals surface area contributed by atoms with Crippen LogP contribution in [0, 0.1) is 10.1 Å². The Kier molecular flexibility index (Phi) is 4.38. The molecule has 2 rings (SSSR count). The van der Waals surface area contributed by atoms with E-state index in [1.165, 1.54) is 24.3 Å². The summed E-state index contributed by atoms with van der Waals surface area (Å²) >= 11 is 0. The van der Waals surface area contributed by atoms with Gasteiger partial charge in [0.15, 0.2) is 15.6 Å². The maximum absolute atomic E-state index is 12.1. The largest absolute Gasteiger partial charge is 0.293 e. The molecule has 21 heavy (non-hydrogen) atoms. The highest BCUT2D eigenvalue weighted by Crippen LogP contribution is 2.15. The number of Topliss-reactive ketones (excluding diaryl/α,β-unsaturated/α-hetero) is 1. The summed E-state index contributed by atoms with van der Waals surface area (Å²) in [4.78, 5) is 24.0. The van der Waals surface area contributed by atoms with E-state index in [0.717, 1.165) is 0 Å². The molecule has 1 heterocycles. The lowest BCUT2D eigenvalue weighted by Crippen LogP contribution is -2.48. The molecule has 0 aromatic heterocycles. The van der Waals surface area contributed by atoms with Crippen LogP contribution in [0.15, 0.2) is 24.3 Å². The third-order valence-corrected chi connectivity index (χ3v) is 5.35. The second-order valence-electron chi connectivity index (χ2n) is 5.16. The molecule has 1 aliphatic rings. The molecular formula is C13H16N2O5S. The van der Waals surface area contributed by atoms with Crippen molar-refractivity contribution in [1.29, 1.82) is 0 Å².